The number of hydrogen-bond acceptors (Lipinski definition) is 6. The Bertz CT molecular complexity index is 1100. The normalized spacial score (nSPS) is 11.9. The Morgan fingerprint density at radius 2 is 1.83 bits per heavy atom. The Hall–Kier alpha value is -2.43. The second kappa shape index (κ2) is 8.93. The topological polar surface area (TPSA) is 94.1 Å². The molecule has 0 bridgehead atoms. The number of halogens is 1. The fraction of sp³-hybridized carbons (Fsp3) is 0.263. The van der Waals surface area contributed by atoms with Crippen molar-refractivity contribution in [2.45, 2.75) is 29.7 Å². The van der Waals surface area contributed by atoms with E-state index < -0.39 is 10.0 Å². The maximum absolute atomic E-state index is 13.3. The molecule has 0 radical (unpaired) electrons. The molecule has 3 rings (SSSR count). The third kappa shape index (κ3) is 4.60. The van der Waals surface area contributed by atoms with Gasteiger partial charge in [0.05, 0.1) is 4.90 Å². The molecule has 7 nitrogen and oxygen atoms in total. The van der Waals surface area contributed by atoms with Crippen molar-refractivity contribution in [2.24, 2.45) is 0 Å². The largest absolute Gasteiger partial charge is 0.335 e. The smallest absolute Gasteiger partial charge is 0.243 e. The van der Waals surface area contributed by atoms with Gasteiger partial charge in [0, 0.05) is 24.4 Å². The van der Waals surface area contributed by atoms with E-state index in [-0.39, 0.29) is 10.7 Å². The average Bonchev–Trinajstić information content (AvgIpc) is 3.08. The molecule has 29 heavy (non-hydrogen) atoms. The molecule has 0 fully saturated rings. The zero-order chi connectivity index (χ0) is 21.0. The van der Waals surface area contributed by atoms with Gasteiger partial charge < -0.3 is 5.84 Å². The molecular formula is C19H22FN5O2S2. The van der Waals surface area contributed by atoms with Crippen molar-refractivity contribution in [3.05, 3.63) is 59.9 Å². The first kappa shape index (κ1) is 21.3. The maximum atomic E-state index is 13.3. The number of nitrogens with two attached hydrogens (primary N) is 1. The Labute approximate surface area is 173 Å². The molecule has 0 aliphatic rings. The van der Waals surface area contributed by atoms with E-state index in [9.17, 15) is 12.8 Å². The summed E-state index contributed by atoms with van der Waals surface area (Å²) in [6.45, 7) is 4.36. The van der Waals surface area contributed by atoms with E-state index in [0.717, 1.165) is 5.56 Å². The zero-order valence-corrected chi connectivity index (χ0v) is 17.8. The van der Waals surface area contributed by atoms with Gasteiger partial charge >= 0.3 is 0 Å². The van der Waals surface area contributed by atoms with Crippen molar-refractivity contribution in [3.63, 3.8) is 0 Å². The van der Waals surface area contributed by atoms with Crippen LogP contribution in [0.3, 0.4) is 0 Å². The van der Waals surface area contributed by atoms with Gasteiger partial charge in [0.1, 0.15) is 5.82 Å². The van der Waals surface area contributed by atoms with Gasteiger partial charge in [-0.2, -0.15) is 4.31 Å². The molecule has 2 N–H and O–H groups in total. The summed E-state index contributed by atoms with van der Waals surface area (Å²) >= 11 is 1.32. The Kier molecular flexibility index (Phi) is 6.56. The summed E-state index contributed by atoms with van der Waals surface area (Å²) in [6, 6.07) is 12.8. The van der Waals surface area contributed by atoms with Gasteiger partial charge in [-0.15, -0.1) is 10.2 Å². The van der Waals surface area contributed by atoms with Gasteiger partial charge in [0.25, 0.3) is 0 Å². The molecule has 0 saturated carbocycles. The molecule has 154 valence electrons. The summed E-state index contributed by atoms with van der Waals surface area (Å²) in [5.41, 5.74) is 1.35. The van der Waals surface area contributed by atoms with E-state index in [4.69, 9.17) is 5.84 Å². The molecule has 0 unspecified atom stereocenters. The summed E-state index contributed by atoms with van der Waals surface area (Å²) < 4.78 is 41.6. The van der Waals surface area contributed by atoms with Crippen molar-refractivity contribution in [1.82, 2.24) is 19.2 Å². The standard InChI is InChI=1S/C19H22FN5O2S2/c1-3-24(4-2)29(26,27)17-10-6-8-15(12-17)18-22-23-19(25(18)21)28-13-14-7-5-9-16(20)11-14/h5-12H,3-4,13,21H2,1-2H3. The minimum atomic E-state index is -3.59. The number of benzene rings is 2. The van der Waals surface area contributed by atoms with Crippen LogP contribution in [-0.2, 0) is 15.8 Å². The highest BCUT2D eigenvalue weighted by molar-refractivity contribution is 7.98. The molecule has 3 aromatic rings. The first-order valence-electron chi connectivity index (χ1n) is 9.05. The van der Waals surface area contributed by atoms with E-state index in [1.165, 1.54) is 32.9 Å². The predicted molar refractivity (Wildman–Crippen MR) is 112 cm³/mol. The lowest BCUT2D eigenvalue weighted by molar-refractivity contribution is 0.445. The minimum Gasteiger partial charge on any atom is -0.335 e. The number of sulfonamides is 1. The van der Waals surface area contributed by atoms with E-state index >= 15 is 0 Å². The lowest BCUT2D eigenvalue weighted by Gasteiger charge is -2.18. The van der Waals surface area contributed by atoms with Crippen molar-refractivity contribution in [1.29, 1.82) is 0 Å². The van der Waals surface area contributed by atoms with Crippen molar-refractivity contribution in [3.8, 4) is 11.4 Å². The van der Waals surface area contributed by atoms with Gasteiger partial charge in [0.15, 0.2) is 5.82 Å². The van der Waals surface area contributed by atoms with E-state index in [2.05, 4.69) is 10.2 Å². The van der Waals surface area contributed by atoms with E-state index in [1.54, 1.807) is 44.2 Å². The van der Waals surface area contributed by atoms with Crippen LogP contribution < -0.4 is 5.84 Å². The highest BCUT2D eigenvalue weighted by Crippen LogP contribution is 2.26. The second-order valence-electron chi connectivity index (χ2n) is 6.21. The molecular weight excluding hydrogens is 413 g/mol. The number of aromatic nitrogens is 3. The lowest BCUT2D eigenvalue weighted by atomic mass is 10.2. The lowest BCUT2D eigenvalue weighted by Crippen LogP contribution is -2.30. The van der Waals surface area contributed by atoms with Crippen LogP contribution in [0, 0.1) is 5.82 Å². The SMILES string of the molecule is CCN(CC)S(=O)(=O)c1cccc(-c2nnc(SCc3cccc(F)c3)n2N)c1. The van der Waals surface area contributed by atoms with Crippen LogP contribution in [0.15, 0.2) is 58.6 Å². The number of rotatable bonds is 8. The molecule has 0 aliphatic carbocycles. The highest BCUT2D eigenvalue weighted by Gasteiger charge is 2.23. The third-order valence-corrected chi connectivity index (χ3v) is 7.42. The van der Waals surface area contributed by atoms with Crippen LogP contribution in [0.1, 0.15) is 19.4 Å². The molecule has 1 heterocycles. The summed E-state index contributed by atoms with van der Waals surface area (Å²) in [4.78, 5) is 0.177. The molecule has 0 atom stereocenters. The summed E-state index contributed by atoms with van der Waals surface area (Å²) in [5.74, 6) is 6.66. The molecule has 0 amide bonds. The van der Waals surface area contributed by atoms with Crippen molar-refractivity contribution in [2.75, 3.05) is 18.9 Å². The van der Waals surface area contributed by atoms with Gasteiger partial charge in [-0.05, 0) is 29.8 Å². The minimum absolute atomic E-state index is 0.177. The van der Waals surface area contributed by atoms with Gasteiger partial charge in [0.2, 0.25) is 15.2 Å². The maximum Gasteiger partial charge on any atom is 0.243 e. The third-order valence-electron chi connectivity index (χ3n) is 4.36. The fourth-order valence-electron chi connectivity index (χ4n) is 2.86. The van der Waals surface area contributed by atoms with Crippen LogP contribution in [-0.4, -0.2) is 40.7 Å². The molecule has 2 aromatic carbocycles. The van der Waals surface area contributed by atoms with Crippen LogP contribution in [0.4, 0.5) is 4.39 Å². The zero-order valence-electron chi connectivity index (χ0n) is 16.1. The Morgan fingerprint density at radius 3 is 2.52 bits per heavy atom. The Balaban J connectivity index is 1.85. The van der Waals surface area contributed by atoms with E-state index in [0.29, 0.717) is 35.4 Å². The van der Waals surface area contributed by atoms with Crippen LogP contribution >= 0.6 is 11.8 Å². The first-order chi connectivity index (χ1) is 13.9. The molecule has 0 saturated heterocycles. The van der Waals surface area contributed by atoms with Gasteiger partial charge in [-0.25, -0.2) is 17.5 Å². The average molecular weight is 436 g/mol. The quantitative estimate of drug-likeness (QED) is 0.432. The second-order valence-corrected chi connectivity index (χ2v) is 9.09. The predicted octanol–water partition coefficient (Wildman–Crippen LogP) is 3.12. The van der Waals surface area contributed by atoms with Gasteiger partial charge in [-0.3, -0.25) is 0 Å². The molecule has 10 heteroatoms. The monoisotopic (exact) mass is 435 g/mol. The summed E-state index contributed by atoms with van der Waals surface area (Å²) in [6.07, 6.45) is 0. The van der Waals surface area contributed by atoms with Gasteiger partial charge in [-0.1, -0.05) is 49.9 Å². The molecule has 0 spiro atoms. The number of nitrogens with zero attached hydrogens (tertiary/aromatic N) is 4. The van der Waals surface area contributed by atoms with E-state index in [1.807, 2.05) is 6.07 Å². The summed E-state index contributed by atoms with van der Waals surface area (Å²) in [7, 11) is -3.59. The number of thioether (sulfide) groups is 1. The highest BCUT2D eigenvalue weighted by atomic mass is 32.2. The number of nitrogen functional groups attached to an aromatic ring is 1. The van der Waals surface area contributed by atoms with Crippen molar-refractivity contribution < 1.29 is 12.8 Å². The number of hydrogen-bond donors (Lipinski definition) is 1. The Morgan fingerprint density at radius 1 is 1.10 bits per heavy atom. The van der Waals surface area contributed by atoms with Crippen LogP contribution in [0.25, 0.3) is 11.4 Å². The van der Waals surface area contributed by atoms with Crippen LogP contribution in [0.5, 0.6) is 0 Å². The van der Waals surface area contributed by atoms with Crippen molar-refractivity contribution >= 4 is 21.8 Å². The fourth-order valence-corrected chi connectivity index (χ4v) is 5.16. The molecule has 1 aromatic heterocycles. The first-order valence-corrected chi connectivity index (χ1v) is 11.5. The van der Waals surface area contributed by atoms with Crippen LogP contribution in [0.2, 0.25) is 0 Å². The molecule has 0 aliphatic heterocycles. The summed E-state index contributed by atoms with van der Waals surface area (Å²) in [5, 5.41) is 8.64.